The van der Waals surface area contributed by atoms with Gasteiger partial charge in [-0.3, -0.25) is 4.79 Å². The Morgan fingerprint density at radius 2 is 1.89 bits per heavy atom. The highest BCUT2D eigenvalue weighted by Gasteiger charge is 2.15. The van der Waals surface area contributed by atoms with Crippen molar-refractivity contribution in [1.29, 1.82) is 5.26 Å². The van der Waals surface area contributed by atoms with Gasteiger partial charge in [0.05, 0.1) is 18.2 Å². The Labute approximate surface area is 218 Å². The molecule has 0 atom stereocenters. The summed E-state index contributed by atoms with van der Waals surface area (Å²) in [7, 11) is 1.59. The molecule has 0 saturated heterocycles. The third-order valence-electron chi connectivity index (χ3n) is 4.95. The first-order valence-electron chi connectivity index (χ1n) is 10.8. The maximum Gasteiger partial charge on any atom is 0.262 e. The smallest absolute Gasteiger partial charge is 0.262 e. The monoisotopic (exact) mass is 554 g/mol. The number of methoxy groups -OCH3 is 1. The molecule has 3 aromatic carbocycles. The topological polar surface area (TPSA) is 80.6 Å². The molecule has 6 nitrogen and oxygen atoms in total. The van der Waals surface area contributed by atoms with E-state index in [4.69, 9.17) is 25.8 Å². The zero-order valence-electron chi connectivity index (χ0n) is 19.3. The lowest BCUT2D eigenvalue weighted by Crippen LogP contribution is -2.23. The number of nitriles is 1. The highest BCUT2D eigenvalue weighted by molar-refractivity contribution is 9.10. The van der Waals surface area contributed by atoms with Crippen LogP contribution in [-0.4, -0.2) is 19.6 Å². The van der Waals surface area contributed by atoms with E-state index in [2.05, 4.69) is 21.2 Å². The summed E-state index contributed by atoms with van der Waals surface area (Å²) < 4.78 is 17.5. The van der Waals surface area contributed by atoms with E-state index in [1.807, 2.05) is 55.5 Å². The van der Waals surface area contributed by atoms with Gasteiger partial charge in [-0.25, -0.2) is 0 Å². The first-order valence-corrected chi connectivity index (χ1v) is 12.0. The van der Waals surface area contributed by atoms with Gasteiger partial charge in [-0.05, 0) is 70.4 Å². The number of amides is 1. The number of nitrogens with one attached hydrogen (secondary N) is 1. The third kappa shape index (κ3) is 7.25. The molecule has 0 unspecified atom stereocenters. The van der Waals surface area contributed by atoms with E-state index in [9.17, 15) is 10.1 Å². The molecule has 0 heterocycles. The normalized spacial score (nSPS) is 10.9. The van der Waals surface area contributed by atoms with Crippen LogP contribution in [-0.2, 0) is 17.9 Å². The number of hydrogen-bond donors (Lipinski definition) is 1. The van der Waals surface area contributed by atoms with E-state index in [0.29, 0.717) is 33.2 Å². The van der Waals surface area contributed by atoms with Gasteiger partial charge in [0.2, 0.25) is 0 Å². The predicted molar refractivity (Wildman–Crippen MR) is 140 cm³/mol. The Hall–Kier alpha value is -3.47. The van der Waals surface area contributed by atoms with Crippen LogP contribution in [0, 0.1) is 11.3 Å². The second-order valence-corrected chi connectivity index (χ2v) is 8.61. The summed E-state index contributed by atoms with van der Waals surface area (Å²) in [5.74, 6) is 1.24. The van der Waals surface area contributed by atoms with Gasteiger partial charge in [-0.15, -0.1) is 0 Å². The van der Waals surface area contributed by atoms with Crippen molar-refractivity contribution in [2.75, 3.05) is 13.7 Å². The quantitative estimate of drug-likeness (QED) is 0.234. The second kappa shape index (κ2) is 12.8. The number of carbonyl (C=O) groups excluding carboxylic acids is 1. The van der Waals surface area contributed by atoms with Gasteiger partial charge >= 0.3 is 0 Å². The van der Waals surface area contributed by atoms with E-state index in [1.54, 1.807) is 25.3 Å². The van der Waals surface area contributed by atoms with E-state index in [-0.39, 0.29) is 18.7 Å². The lowest BCUT2D eigenvalue weighted by atomic mass is 10.1. The molecule has 1 amide bonds. The molecule has 0 aliphatic rings. The van der Waals surface area contributed by atoms with Crippen molar-refractivity contribution < 1.29 is 19.0 Å². The zero-order valence-corrected chi connectivity index (χ0v) is 21.7. The molecule has 0 aliphatic carbocycles. The Bertz CT molecular complexity index is 1250. The van der Waals surface area contributed by atoms with E-state index in [0.717, 1.165) is 16.9 Å². The van der Waals surface area contributed by atoms with E-state index < -0.39 is 5.91 Å². The number of hydrogen-bond acceptors (Lipinski definition) is 5. The molecule has 0 spiro atoms. The maximum absolute atomic E-state index is 12.6. The second-order valence-electron chi connectivity index (χ2n) is 7.34. The summed E-state index contributed by atoms with van der Waals surface area (Å²) in [6.07, 6.45) is 1.51. The van der Waals surface area contributed by atoms with Crippen molar-refractivity contribution in [3.8, 4) is 23.3 Å². The zero-order chi connectivity index (χ0) is 25.2. The van der Waals surface area contributed by atoms with Crippen LogP contribution in [0.3, 0.4) is 0 Å². The minimum atomic E-state index is -0.476. The Morgan fingerprint density at radius 1 is 1.14 bits per heavy atom. The fourth-order valence-corrected chi connectivity index (χ4v) is 3.94. The fourth-order valence-electron chi connectivity index (χ4n) is 3.18. The van der Waals surface area contributed by atoms with Gasteiger partial charge in [0.15, 0.2) is 11.5 Å². The summed E-state index contributed by atoms with van der Waals surface area (Å²) in [5.41, 5.74) is 2.31. The van der Waals surface area contributed by atoms with Crippen LogP contribution in [0.1, 0.15) is 23.6 Å². The van der Waals surface area contributed by atoms with Crippen molar-refractivity contribution in [3.05, 3.63) is 92.4 Å². The number of nitrogens with zero attached hydrogens (tertiary/aromatic N) is 1. The number of rotatable bonds is 10. The number of halogens is 2. The maximum atomic E-state index is 12.6. The van der Waals surface area contributed by atoms with Crippen LogP contribution >= 0.6 is 27.5 Å². The molecule has 3 rings (SSSR count). The Morgan fingerprint density at radius 3 is 2.54 bits per heavy atom. The summed E-state index contributed by atoms with van der Waals surface area (Å²) in [6.45, 7) is 2.81. The van der Waals surface area contributed by atoms with Gasteiger partial charge in [0.25, 0.3) is 5.91 Å². The number of ether oxygens (including phenoxy) is 3. The average molecular weight is 556 g/mol. The molecule has 0 saturated carbocycles. The molecule has 0 aromatic heterocycles. The average Bonchev–Trinajstić information content (AvgIpc) is 2.86. The molecule has 3 aromatic rings. The highest BCUT2D eigenvalue weighted by atomic mass is 79.9. The highest BCUT2D eigenvalue weighted by Crippen LogP contribution is 2.38. The van der Waals surface area contributed by atoms with E-state index in [1.165, 1.54) is 6.08 Å². The summed E-state index contributed by atoms with van der Waals surface area (Å²) in [4.78, 5) is 12.6. The SMILES string of the molecule is CCOc1cc(/C=C(/C#N)C(=O)NCc2ccc(OC)cc2)cc(Br)c1OCc1ccccc1Cl. The summed E-state index contributed by atoms with van der Waals surface area (Å²) in [6, 6.07) is 20.2. The lowest BCUT2D eigenvalue weighted by molar-refractivity contribution is -0.117. The van der Waals surface area contributed by atoms with Crippen LogP contribution in [0.2, 0.25) is 5.02 Å². The summed E-state index contributed by atoms with van der Waals surface area (Å²) in [5, 5.41) is 13.0. The van der Waals surface area contributed by atoms with Gasteiger partial charge in [-0.1, -0.05) is 41.9 Å². The lowest BCUT2D eigenvalue weighted by Gasteiger charge is -2.15. The first kappa shape index (κ1) is 26.1. The minimum Gasteiger partial charge on any atom is -0.497 e. The third-order valence-corrected chi connectivity index (χ3v) is 5.91. The Kier molecular flexibility index (Phi) is 9.59. The predicted octanol–water partition coefficient (Wildman–Crippen LogP) is 6.31. The molecule has 0 fully saturated rings. The van der Waals surface area contributed by atoms with Gasteiger partial charge < -0.3 is 19.5 Å². The molecule has 0 radical (unpaired) electrons. The van der Waals surface area contributed by atoms with Crippen LogP contribution in [0.15, 0.2) is 70.7 Å². The molecular formula is C27H24BrClN2O4. The van der Waals surface area contributed by atoms with Crippen LogP contribution in [0.4, 0.5) is 0 Å². The van der Waals surface area contributed by atoms with Crippen LogP contribution in [0.25, 0.3) is 6.08 Å². The molecular weight excluding hydrogens is 532 g/mol. The van der Waals surface area contributed by atoms with Gasteiger partial charge in [0.1, 0.15) is 24.0 Å². The number of benzene rings is 3. The first-order chi connectivity index (χ1) is 16.9. The van der Waals surface area contributed by atoms with Crippen molar-refractivity contribution in [3.63, 3.8) is 0 Å². The summed E-state index contributed by atoms with van der Waals surface area (Å²) >= 11 is 9.75. The van der Waals surface area contributed by atoms with Crippen LogP contribution < -0.4 is 19.5 Å². The fraction of sp³-hybridized carbons (Fsp3) is 0.185. The van der Waals surface area contributed by atoms with Crippen LogP contribution in [0.5, 0.6) is 17.2 Å². The molecule has 1 N–H and O–H groups in total. The van der Waals surface area contributed by atoms with Gasteiger partial charge in [-0.2, -0.15) is 5.26 Å². The molecule has 0 aliphatic heterocycles. The molecule has 180 valence electrons. The van der Waals surface area contributed by atoms with Crippen molar-refractivity contribution in [2.45, 2.75) is 20.1 Å². The van der Waals surface area contributed by atoms with Crippen molar-refractivity contribution >= 4 is 39.5 Å². The van der Waals surface area contributed by atoms with Crippen molar-refractivity contribution in [2.24, 2.45) is 0 Å². The molecule has 8 heteroatoms. The number of carbonyl (C=O) groups is 1. The van der Waals surface area contributed by atoms with Gasteiger partial charge in [0, 0.05) is 17.1 Å². The molecule has 35 heavy (non-hydrogen) atoms. The van der Waals surface area contributed by atoms with Crippen molar-refractivity contribution in [1.82, 2.24) is 5.32 Å². The van der Waals surface area contributed by atoms with E-state index >= 15 is 0 Å². The molecule has 0 bridgehead atoms. The standard InChI is InChI=1S/C27H24BrClN2O4/c1-3-34-25-14-19(13-23(28)26(25)35-17-20-6-4-5-7-24(20)29)12-21(15-30)27(32)31-16-18-8-10-22(33-2)11-9-18/h4-14H,3,16-17H2,1-2H3,(H,31,32)/b21-12-. The minimum absolute atomic E-state index is 0.0300. The largest absolute Gasteiger partial charge is 0.497 e. The Balaban J connectivity index is 1.77.